The number of thiophene rings is 1. The van der Waals surface area contributed by atoms with Gasteiger partial charge in [0, 0.05) is 30.7 Å². The number of aromatic nitrogens is 2. The number of carbonyl (C=O) groups is 1. The first-order valence-electron chi connectivity index (χ1n) is 4.64. The fraction of sp³-hybridized carbons (Fsp3) is 0.200. The lowest BCUT2D eigenvalue weighted by atomic mass is 10.2. The van der Waals surface area contributed by atoms with Crippen LogP contribution in [-0.2, 0) is 6.54 Å². The Balaban J connectivity index is 2.05. The monoisotopic (exact) mass is 299 g/mol. The fourth-order valence-electron chi connectivity index (χ4n) is 1.35. The van der Waals surface area contributed by atoms with Crippen molar-refractivity contribution in [3.63, 3.8) is 0 Å². The van der Waals surface area contributed by atoms with E-state index in [0.717, 1.165) is 9.35 Å². The number of rotatable bonds is 3. The van der Waals surface area contributed by atoms with E-state index in [1.54, 1.807) is 24.3 Å². The smallest absolute Gasteiger partial charge is 0.254 e. The lowest BCUT2D eigenvalue weighted by molar-refractivity contribution is 0.0785. The van der Waals surface area contributed by atoms with Crippen LogP contribution in [0.3, 0.4) is 0 Å². The molecule has 0 radical (unpaired) electrons. The van der Waals surface area contributed by atoms with Crippen molar-refractivity contribution < 1.29 is 4.79 Å². The first-order valence-corrected chi connectivity index (χ1v) is 6.31. The highest BCUT2D eigenvalue weighted by atomic mass is 79.9. The number of nitrogens with zero attached hydrogens (tertiary/aromatic N) is 2. The molecule has 0 unspecified atom stereocenters. The fourth-order valence-corrected chi connectivity index (χ4v) is 2.48. The Labute approximate surface area is 105 Å². The Morgan fingerprint density at radius 2 is 2.50 bits per heavy atom. The maximum Gasteiger partial charge on any atom is 0.254 e. The van der Waals surface area contributed by atoms with Gasteiger partial charge < -0.3 is 4.90 Å². The van der Waals surface area contributed by atoms with Crippen LogP contribution in [0.15, 0.2) is 27.6 Å². The van der Waals surface area contributed by atoms with Crippen LogP contribution in [0.4, 0.5) is 0 Å². The number of H-pyrrole nitrogens is 1. The van der Waals surface area contributed by atoms with Gasteiger partial charge in [-0.3, -0.25) is 9.89 Å². The third-order valence-electron chi connectivity index (χ3n) is 2.14. The highest BCUT2D eigenvalue weighted by Gasteiger charge is 2.13. The summed E-state index contributed by atoms with van der Waals surface area (Å²) >= 11 is 4.85. The summed E-state index contributed by atoms with van der Waals surface area (Å²) in [5.41, 5.74) is 1.70. The van der Waals surface area contributed by atoms with E-state index in [4.69, 9.17) is 0 Å². The van der Waals surface area contributed by atoms with E-state index >= 15 is 0 Å². The zero-order valence-electron chi connectivity index (χ0n) is 8.61. The van der Waals surface area contributed by atoms with Crippen molar-refractivity contribution in [2.45, 2.75) is 6.54 Å². The van der Waals surface area contributed by atoms with Crippen LogP contribution in [0.1, 0.15) is 15.9 Å². The van der Waals surface area contributed by atoms with Gasteiger partial charge in [-0.1, -0.05) is 0 Å². The van der Waals surface area contributed by atoms with Crippen LogP contribution in [0, 0.1) is 0 Å². The summed E-state index contributed by atoms with van der Waals surface area (Å²) in [6, 6.07) is 1.83. The number of amides is 1. The molecule has 4 nitrogen and oxygen atoms in total. The minimum atomic E-state index is 0.0168. The molecule has 0 fully saturated rings. The molecule has 0 aromatic carbocycles. The zero-order chi connectivity index (χ0) is 11.5. The van der Waals surface area contributed by atoms with Crippen LogP contribution in [0.5, 0.6) is 0 Å². The van der Waals surface area contributed by atoms with Crippen molar-refractivity contribution in [3.8, 4) is 0 Å². The van der Waals surface area contributed by atoms with Crippen molar-refractivity contribution in [2.75, 3.05) is 7.05 Å². The Morgan fingerprint density at radius 1 is 1.69 bits per heavy atom. The molecule has 0 saturated heterocycles. The molecule has 0 saturated carbocycles. The van der Waals surface area contributed by atoms with Gasteiger partial charge in [-0.2, -0.15) is 5.10 Å². The number of nitrogens with one attached hydrogen (secondary N) is 1. The highest BCUT2D eigenvalue weighted by molar-refractivity contribution is 9.11. The Morgan fingerprint density at radius 3 is 3.06 bits per heavy atom. The van der Waals surface area contributed by atoms with E-state index in [-0.39, 0.29) is 5.91 Å². The molecule has 2 aromatic rings. The molecule has 1 amide bonds. The van der Waals surface area contributed by atoms with Gasteiger partial charge in [0.15, 0.2) is 0 Å². The number of hydrogen-bond donors (Lipinski definition) is 1. The van der Waals surface area contributed by atoms with E-state index in [0.29, 0.717) is 12.1 Å². The third-order valence-corrected chi connectivity index (χ3v) is 3.64. The Hall–Kier alpha value is -1.14. The minimum Gasteiger partial charge on any atom is -0.337 e. The van der Waals surface area contributed by atoms with Crippen molar-refractivity contribution in [1.29, 1.82) is 0 Å². The van der Waals surface area contributed by atoms with Crippen LogP contribution >= 0.6 is 27.3 Å². The van der Waals surface area contributed by atoms with Crippen LogP contribution in [0.25, 0.3) is 0 Å². The largest absolute Gasteiger partial charge is 0.337 e. The molecule has 0 aliphatic heterocycles. The average Bonchev–Trinajstić information content (AvgIpc) is 2.88. The molecule has 84 valence electrons. The number of aromatic amines is 1. The molecule has 0 spiro atoms. The van der Waals surface area contributed by atoms with Gasteiger partial charge >= 0.3 is 0 Å². The maximum atomic E-state index is 12.0. The summed E-state index contributed by atoms with van der Waals surface area (Å²) in [4.78, 5) is 13.6. The van der Waals surface area contributed by atoms with Crippen molar-refractivity contribution in [1.82, 2.24) is 15.1 Å². The topological polar surface area (TPSA) is 49.0 Å². The zero-order valence-corrected chi connectivity index (χ0v) is 11.0. The van der Waals surface area contributed by atoms with Crippen molar-refractivity contribution >= 4 is 33.2 Å². The van der Waals surface area contributed by atoms with Crippen LogP contribution < -0.4 is 0 Å². The predicted molar refractivity (Wildman–Crippen MR) is 66.4 cm³/mol. The number of halogens is 1. The normalized spacial score (nSPS) is 10.4. The maximum absolute atomic E-state index is 12.0. The molecule has 2 rings (SSSR count). The summed E-state index contributed by atoms with van der Waals surface area (Å²) in [5, 5.41) is 8.41. The second kappa shape index (κ2) is 4.80. The molecule has 6 heteroatoms. The van der Waals surface area contributed by atoms with Gasteiger partial charge in [-0.05, 0) is 22.0 Å². The summed E-state index contributed by atoms with van der Waals surface area (Å²) in [6.45, 7) is 0.558. The van der Waals surface area contributed by atoms with Crippen molar-refractivity contribution in [2.24, 2.45) is 0 Å². The van der Waals surface area contributed by atoms with Gasteiger partial charge in [0.25, 0.3) is 5.91 Å². The lowest BCUT2D eigenvalue weighted by Crippen LogP contribution is -2.25. The van der Waals surface area contributed by atoms with E-state index < -0.39 is 0 Å². The molecule has 0 atom stereocenters. The molecule has 1 N–H and O–H groups in total. The second-order valence-electron chi connectivity index (χ2n) is 3.41. The summed E-state index contributed by atoms with van der Waals surface area (Å²) in [5.74, 6) is 0.0168. The first kappa shape index (κ1) is 11.3. The summed E-state index contributed by atoms with van der Waals surface area (Å²) in [7, 11) is 1.78. The molecule has 2 heterocycles. The average molecular weight is 300 g/mol. The van der Waals surface area contributed by atoms with Gasteiger partial charge in [-0.25, -0.2) is 0 Å². The lowest BCUT2D eigenvalue weighted by Gasteiger charge is -2.14. The quantitative estimate of drug-likeness (QED) is 0.947. The molecule has 2 aromatic heterocycles. The SMILES string of the molecule is CN(Cc1cn[nH]c1)C(=O)c1csc(Br)c1. The van der Waals surface area contributed by atoms with Crippen molar-refractivity contribution in [3.05, 3.63) is 38.8 Å². The highest BCUT2D eigenvalue weighted by Crippen LogP contribution is 2.21. The van der Waals surface area contributed by atoms with E-state index in [1.807, 2.05) is 11.4 Å². The molecule has 16 heavy (non-hydrogen) atoms. The number of hydrogen-bond acceptors (Lipinski definition) is 3. The second-order valence-corrected chi connectivity index (χ2v) is 5.70. The van der Waals surface area contributed by atoms with Crippen LogP contribution in [-0.4, -0.2) is 28.1 Å². The van der Waals surface area contributed by atoms with E-state index in [2.05, 4.69) is 26.1 Å². The predicted octanol–water partition coefficient (Wildman–Crippen LogP) is 2.51. The molecule has 0 aliphatic rings. The third kappa shape index (κ3) is 2.51. The molecule has 0 aliphatic carbocycles. The van der Waals surface area contributed by atoms with E-state index in [1.165, 1.54) is 11.3 Å². The van der Waals surface area contributed by atoms with Gasteiger partial charge in [0.1, 0.15) is 0 Å². The molecular formula is C10H10BrN3OS. The van der Waals surface area contributed by atoms with Gasteiger partial charge in [0.2, 0.25) is 0 Å². The van der Waals surface area contributed by atoms with E-state index in [9.17, 15) is 4.79 Å². The Kier molecular flexibility index (Phi) is 3.40. The van der Waals surface area contributed by atoms with Gasteiger partial charge in [-0.15, -0.1) is 11.3 Å². The molecular weight excluding hydrogens is 290 g/mol. The van der Waals surface area contributed by atoms with Gasteiger partial charge in [0.05, 0.1) is 15.5 Å². The number of carbonyl (C=O) groups excluding carboxylic acids is 1. The molecule has 0 bridgehead atoms. The minimum absolute atomic E-state index is 0.0168. The summed E-state index contributed by atoms with van der Waals surface area (Å²) < 4.78 is 0.965. The Bertz CT molecular complexity index is 480. The van der Waals surface area contributed by atoms with Crippen LogP contribution in [0.2, 0.25) is 0 Å². The standard InChI is InChI=1S/C10H10BrN3OS/c1-14(5-7-3-12-13-4-7)10(15)8-2-9(11)16-6-8/h2-4,6H,5H2,1H3,(H,12,13). The first-order chi connectivity index (χ1) is 7.66. The summed E-state index contributed by atoms with van der Waals surface area (Å²) in [6.07, 6.45) is 3.50.